The van der Waals surface area contributed by atoms with Gasteiger partial charge in [-0.2, -0.15) is 0 Å². The van der Waals surface area contributed by atoms with Crippen LogP contribution >= 0.6 is 0 Å². The largest absolute Gasteiger partial charge is 0.325 e. The van der Waals surface area contributed by atoms with Crippen LogP contribution in [0.4, 0.5) is 0 Å². The number of hydrogen-bond acceptors (Lipinski definition) is 3. The quantitative estimate of drug-likeness (QED) is 0.566. The summed E-state index contributed by atoms with van der Waals surface area (Å²) in [6.07, 6.45) is 5.69. The van der Waals surface area contributed by atoms with Gasteiger partial charge in [0.2, 0.25) is 0 Å². The average molecular weight is 183 g/mol. The number of benzene rings is 1. The van der Waals surface area contributed by atoms with Gasteiger partial charge in [0.1, 0.15) is 6.67 Å². The Morgan fingerprint density at radius 3 is 3.14 bits per heavy atom. The fourth-order valence-electron chi connectivity index (χ4n) is 1.71. The summed E-state index contributed by atoms with van der Waals surface area (Å²) in [6, 6.07) is 8.11. The Kier molecular flexibility index (Phi) is 1.50. The first-order valence-electron chi connectivity index (χ1n) is 4.55. The number of nitrogens with zero attached hydrogens (tertiary/aromatic N) is 3. The molecule has 3 heteroatoms. The lowest BCUT2D eigenvalue weighted by Gasteiger charge is -2.10. The molecule has 0 spiro atoms. The van der Waals surface area contributed by atoms with Crippen molar-refractivity contribution in [2.24, 2.45) is 9.98 Å². The zero-order valence-corrected chi connectivity index (χ0v) is 7.59. The van der Waals surface area contributed by atoms with E-state index in [1.54, 1.807) is 0 Å². The summed E-state index contributed by atoms with van der Waals surface area (Å²) in [6.45, 7) is 0.704. The molecule has 0 bridgehead atoms. The molecule has 2 aliphatic rings. The minimum Gasteiger partial charge on any atom is -0.325 e. The van der Waals surface area contributed by atoms with Crippen molar-refractivity contribution in [3.63, 3.8) is 0 Å². The van der Waals surface area contributed by atoms with Crippen molar-refractivity contribution in [3.05, 3.63) is 47.2 Å². The maximum absolute atomic E-state index is 4.36. The third kappa shape index (κ3) is 0.988. The van der Waals surface area contributed by atoms with Gasteiger partial charge in [0, 0.05) is 23.8 Å². The molecule has 0 saturated heterocycles. The summed E-state index contributed by atoms with van der Waals surface area (Å²) in [5.41, 5.74) is 1.14. The van der Waals surface area contributed by atoms with Crippen LogP contribution < -0.4 is 10.6 Å². The number of fused-ring (bicyclic) bond motifs is 2. The van der Waals surface area contributed by atoms with Gasteiger partial charge in [-0.1, -0.05) is 18.2 Å². The summed E-state index contributed by atoms with van der Waals surface area (Å²) in [7, 11) is 0. The summed E-state index contributed by atoms with van der Waals surface area (Å²) in [4.78, 5) is 10.7. The lowest BCUT2D eigenvalue weighted by molar-refractivity contribution is 0.577. The van der Waals surface area contributed by atoms with E-state index in [-0.39, 0.29) is 0 Å². The minimum absolute atomic E-state index is 0.704. The van der Waals surface area contributed by atoms with Crippen LogP contribution in [0.15, 0.2) is 46.7 Å². The first-order valence-corrected chi connectivity index (χ1v) is 4.55. The predicted molar refractivity (Wildman–Crippen MR) is 55.0 cm³/mol. The van der Waals surface area contributed by atoms with Crippen molar-refractivity contribution in [2.45, 2.75) is 0 Å². The van der Waals surface area contributed by atoms with E-state index in [1.807, 2.05) is 36.8 Å². The molecule has 0 saturated carbocycles. The fraction of sp³-hybridized carbons (Fsp3) is 0.0909. The van der Waals surface area contributed by atoms with Crippen LogP contribution in [0.25, 0.3) is 5.70 Å². The van der Waals surface area contributed by atoms with Crippen molar-refractivity contribution < 1.29 is 0 Å². The van der Waals surface area contributed by atoms with E-state index in [0.717, 1.165) is 16.3 Å². The zero-order valence-electron chi connectivity index (χ0n) is 7.59. The van der Waals surface area contributed by atoms with Gasteiger partial charge in [0.25, 0.3) is 0 Å². The highest BCUT2D eigenvalue weighted by Gasteiger charge is 2.11. The molecule has 3 nitrogen and oxygen atoms in total. The van der Waals surface area contributed by atoms with Crippen molar-refractivity contribution >= 4 is 11.9 Å². The van der Waals surface area contributed by atoms with Crippen LogP contribution in [0, 0.1) is 0 Å². The first-order chi connectivity index (χ1) is 6.95. The highest BCUT2D eigenvalue weighted by molar-refractivity contribution is 6.02. The molecule has 1 aromatic carbocycles. The third-order valence-corrected chi connectivity index (χ3v) is 2.40. The predicted octanol–water partition coefficient (Wildman–Crippen LogP) is 0.243. The van der Waals surface area contributed by atoms with E-state index in [0.29, 0.717) is 6.67 Å². The van der Waals surface area contributed by atoms with Gasteiger partial charge in [-0.25, -0.2) is 0 Å². The molecule has 0 unspecified atom stereocenters. The van der Waals surface area contributed by atoms with E-state index < -0.39 is 0 Å². The van der Waals surface area contributed by atoms with Crippen molar-refractivity contribution in [2.75, 3.05) is 6.67 Å². The molecule has 1 aromatic rings. The number of aliphatic imine (C=N–C) groups is 1. The van der Waals surface area contributed by atoms with Crippen LogP contribution in [0.5, 0.6) is 0 Å². The fourth-order valence-corrected chi connectivity index (χ4v) is 1.71. The maximum atomic E-state index is 4.36. The molecular weight excluding hydrogens is 174 g/mol. The molecule has 0 radical (unpaired) electrons. The molecular formula is C11H9N3. The van der Waals surface area contributed by atoms with Crippen molar-refractivity contribution in [3.8, 4) is 0 Å². The summed E-state index contributed by atoms with van der Waals surface area (Å²) < 4.78 is 0. The Morgan fingerprint density at radius 2 is 2.14 bits per heavy atom. The van der Waals surface area contributed by atoms with E-state index in [1.165, 1.54) is 0 Å². The monoisotopic (exact) mass is 183 g/mol. The molecule has 2 heterocycles. The molecule has 0 amide bonds. The van der Waals surface area contributed by atoms with Gasteiger partial charge < -0.3 is 4.90 Å². The minimum atomic E-state index is 0.704. The number of rotatable bonds is 0. The Bertz CT molecular complexity index is 540. The second kappa shape index (κ2) is 2.80. The van der Waals surface area contributed by atoms with Gasteiger partial charge in [0.05, 0.1) is 11.1 Å². The van der Waals surface area contributed by atoms with Gasteiger partial charge in [0.15, 0.2) is 0 Å². The van der Waals surface area contributed by atoms with Crippen LogP contribution in [0.3, 0.4) is 0 Å². The molecule has 0 N–H and O–H groups in total. The lowest BCUT2D eigenvalue weighted by Crippen LogP contribution is -2.29. The van der Waals surface area contributed by atoms with Crippen LogP contribution in [0.1, 0.15) is 0 Å². The molecule has 3 rings (SSSR count). The normalized spacial score (nSPS) is 17.4. The second-order valence-corrected chi connectivity index (χ2v) is 3.25. The Morgan fingerprint density at radius 1 is 1.21 bits per heavy atom. The SMILES string of the molecule is C1=CN2CN=CC2=c2ccccc2=N1. The van der Waals surface area contributed by atoms with Crippen LogP contribution in [-0.4, -0.2) is 17.8 Å². The van der Waals surface area contributed by atoms with Gasteiger partial charge in [-0.3, -0.25) is 9.98 Å². The van der Waals surface area contributed by atoms with E-state index in [2.05, 4.69) is 21.0 Å². The molecule has 68 valence electrons. The summed E-state index contributed by atoms with van der Waals surface area (Å²) in [5, 5.41) is 2.16. The maximum Gasteiger partial charge on any atom is 0.114 e. The average Bonchev–Trinajstić information content (AvgIpc) is 2.61. The van der Waals surface area contributed by atoms with Crippen molar-refractivity contribution in [1.82, 2.24) is 4.90 Å². The Labute approximate surface area is 81.4 Å². The highest BCUT2D eigenvalue weighted by atomic mass is 15.2. The van der Waals surface area contributed by atoms with Crippen LogP contribution in [-0.2, 0) is 0 Å². The molecule has 0 aromatic heterocycles. The van der Waals surface area contributed by atoms with Gasteiger partial charge in [-0.15, -0.1) is 0 Å². The number of hydrogen-bond donors (Lipinski definition) is 0. The van der Waals surface area contributed by atoms with Crippen molar-refractivity contribution in [1.29, 1.82) is 0 Å². The standard InChI is InChI=1S/C11H9N3/c1-2-4-10-9(3-1)11-7-12-8-14(11)6-5-13-10/h1-7H,8H2. The summed E-state index contributed by atoms with van der Waals surface area (Å²) >= 11 is 0. The third-order valence-electron chi connectivity index (χ3n) is 2.40. The van der Waals surface area contributed by atoms with E-state index in [9.17, 15) is 0 Å². The zero-order chi connectivity index (χ0) is 9.38. The highest BCUT2D eigenvalue weighted by Crippen LogP contribution is 2.09. The second-order valence-electron chi connectivity index (χ2n) is 3.25. The first kappa shape index (κ1) is 7.50. The smallest absolute Gasteiger partial charge is 0.114 e. The topological polar surface area (TPSA) is 28.0 Å². The molecule has 2 aliphatic heterocycles. The molecule has 0 atom stereocenters. The molecule has 14 heavy (non-hydrogen) atoms. The number of para-hydroxylation sites is 1. The molecule has 0 fully saturated rings. The summed E-state index contributed by atoms with van der Waals surface area (Å²) in [5.74, 6) is 0. The van der Waals surface area contributed by atoms with E-state index >= 15 is 0 Å². The van der Waals surface area contributed by atoms with Gasteiger partial charge in [-0.05, 0) is 6.07 Å². The Hall–Kier alpha value is -1.90. The van der Waals surface area contributed by atoms with Crippen LogP contribution in [0.2, 0.25) is 0 Å². The van der Waals surface area contributed by atoms with E-state index in [4.69, 9.17) is 0 Å². The molecule has 0 aliphatic carbocycles. The Balaban J connectivity index is 2.46. The van der Waals surface area contributed by atoms with Gasteiger partial charge >= 0.3 is 0 Å². The lowest BCUT2D eigenvalue weighted by atomic mass is 10.2.